The van der Waals surface area contributed by atoms with E-state index < -0.39 is 75.7 Å². The van der Waals surface area contributed by atoms with Crippen LogP contribution in [-0.2, 0) is 32.7 Å². The van der Waals surface area contributed by atoms with Crippen LogP contribution in [0.1, 0.15) is 155 Å². The standard InChI is InChI=1S/C45H77O13P/c1-3-5-7-9-11-13-15-17-18-19-20-22-24-26-28-30-32-34-39(47)57-37(36-56-59(53,54)58-45-43(51)41(49)40(48)42(50)44(45)52)35-55-38(46)33-31-29-27-25-23-21-16-14-12-10-8-6-4-2/h5,7,11,13,17-18,20,22,26,28,37,40-45,48-52H,3-4,6,8-10,12,14-16,19,21,23-25,27,29-36H2,1-2H3,(H,53,54). The maximum absolute atomic E-state index is 12.8. The van der Waals surface area contributed by atoms with Crippen LogP contribution in [0.2, 0.25) is 0 Å². The van der Waals surface area contributed by atoms with E-state index in [0.29, 0.717) is 19.3 Å². The fraction of sp³-hybridized carbons (Fsp3) is 0.733. The van der Waals surface area contributed by atoms with Gasteiger partial charge in [-0.25, -0.2) is 4.57 Å². The third-order valence-corrected chi connectivity index (χ3v) is 10.9. The molecule has 1 rings (SSSR count). The van der Waals surface area contributed by atoms with Crippen molar-refractivity contribution in [2.24, 2.45) is 0 Å². The molecule has 340 valence electrons. The number of allylic oxidation sites excluding steroid dienone is 10. The molecule has 0 saturated heterocycles. The zero-order chi connectivity index (χ0) is 43.6. The second-order valence-corrected chi connectivity index (χ2v) is 16.6. The van der Waals surface area contributed by atoms with Gasteiger partial charge in [0, 0.05) is 12.8 Å². The topological polar surface area (TPSA) is 210 Å². The Morgan fingerprint density at radius 1 is 0.542 bits per heavy atom. The monoisotopic (exact) mass is 857 g/mol. The number of aliphatic hydroxyl groups excluding tert-OH is 5. The summed E-state index contributed by atoms with van der Waals surface area (Å²) in [5, 5.41) is 50.1. The predicted octanol–water partition coefficient (Wildman–Crippen LogP) is 8.16. The van der Waals surface area contributed by atoms with Gasteiger partial charge in [0.25, 0.3) is 0 Å². The summed E-state index contributed by atoms with van der Waals surface area (Å²) in [6.45, 7) is 3.12. The first kappa shape index (κ1) is 54.6. The van der Waals surface area contributed by atoms with Crippen LogP contribution in [0.4, 0.5) is 0 Å². The van der Waals surface area contributed by atoms with Crippen molar-refractivity contribution in [2.45, 2.75) is 198 Å². The summed E-state index contributed by atoms with van der Waals surface area (Å²) in [4.78, 5) is 35.6. The maximum Gasteiger partial charge on any atom is 0.472 e. The largest absolute Gasteiger partial charge is 0.472 e. The molecule has 0 bridgehead atoms. The SMILES string of the molecule is CCC=CCC=CCC=CCC=CCC=CCCCC(=O)OC(COC(=O)CCCCCCCCCCCCCCC)COP(=O)(O)OC1C(O)C(O)C(O)C(O)C1O. The Kier molecular flexibility index (Phi) is 32.5. The van der Waals surface area contributed by atoms with Gasteiger partial charge in [0.2, 0.25) is 0 Å². The molecule has 1 aliphatic rings. The Hall–Kier alpha value is -2.45. The molecular weight excluding hydrogens is 779 g/mol. The van der Waals surface area contributed by atoms with Crippen LogP contribution in [0.15, 0.2) is 60.8 Å². The first-order chi connectivity index (χ1) is 28.4. The van der Waals surface area contributed by atoms with Crippen LogP contribution in [0.3, 0.4) is 0 Å². The summed E-state index contributed by atoms with van der Waals surface area (Å²) in [5.41, 5.74) is 0. The minimum Gasteiger partial charge on any atom is -0.462 e. The fourth-order valence-corrected chi connectivity index (χ4v) is 7.29. The molecule has 0 aliphatic heterocycles. The van der Waals surface area contributed by atoms with Crippen LogP contribution >= 0.6 is 7.82 Å². The Labute approximate surface area is 353 Å². The van der Waals surface area contributed by atoms with Gasteiger partial charge >= 0.3 is 19.8 Å². The van der Waals surface area contributed by atoms with Crippen molar-refractivity contribution in [3.8, 4) is 0 Å². The van der Waals surface area contributed by atoms with E-state index in [1.165, 1.54) is 57.8 Å². The molecule has 0 aromatic rings. The van der Waals surface area contributed by atoms with Crippen LogP contribution < -0.4 is 0 Å². The van der Waals surface area contributed by atoms with E-state index in [-0.39, 0.29) is 12.8 Å². The normalized spacial score (nSPS) is 22.9. The average Bonchev–Trinajstić information content (AvgIpc) is 3.21. The maximum atomic E-state index is 12.8. The van der Waals surface area contributed by atoms with Crippen molar-refractivity contribution in [1.82, 2.24) is 0 Å². The molecule has 14 heteroatoms. The van der Waals surface area contributed by atoms with Crippen LogP contribution in [0, 0.1) is 0 Å². The van der Waals surface area contributed by atoms with Gasteiger partial charge in [0.15, 0.2) is 6.10 Å². The highest BCUT2D eigenvalue weighted by molar-refractivity contribution is 7.47. The highest BCUT2D eigenvalue weighted by Crippen LogP contribution is 2.47. The van der Waals surface area contributed by atoms with Gasteiger partial charge in [-0.1, -0.05) is 152 Å². The lowest BCUT2D eigenvalue weighted by atomic mass is 9.85. The van der Waals surface area contributed by atoms with Crippen molar-refractivity contribution in [3.63, 3.8) is 0 Å². The summed E-state index contributed by atoms with van der Waals surface area (Å²) in [6.07, 6.45) is 28.6. The Balaban J connectivity index is 2.53. The highest BCUT2D eigenvalue weighted by atomic mass is 31.2. The summed E-state index contributed by atoms with van der Waals surface area (Å²) < 4.78 is 33.4. The molecule has 0 radical (unpaired) electrons. The number of hydrogen-bond donors (Lipinski definition) is 6. The van der Waals surface area contributed by atoms with Gasteiger partial charge in [-0.05, 0) is 51.4 Å². The van der Waals surface area contributed by atoms with Gasteiger partial charge in [-0.15, -0.1) is 0 Å². The van der Waals surface area contributed by atoms with Crippen LogP contribution in [0.25, 0.3) is 0 Å². The number of hydrogen-bond acceptors (Lipinski definition) is 12. The van der Waals surface area contributed by atoms with E-state index in [0.717, 1.165) is 51.4 Å². The molecule has 0 aromatic carbocycles. The average molecular weight is 857 g/mol. The van der Waals surface area contributed by atoms with Crippen LogP contribution in [-0.4, -0.2) is 98.3 Å². The number of rotatable bonds is 35. The third-order valence-electron chi connectivity index (χ3n) is 9.87. The molecule has 0 spiro atoms. The molecule has 1 aliphatic carbocycles. The highest BCUT2D eigenvalue weighted by Gasteiger charge is 2.51. The molecule has 13 nitrogen and oxygen atoms in total. The molecular formula is C45H77O13P. The molecule has 1 saturated carbocycles. The third kappa shape index (κ3) is 27.9. The van der Waals surface area contributed by atoms with Gasteiger partial charge < -0.3 is 39.9 Å². The van der Waals surface area contributed by atoms with Crippen molar-refractivity contribution < 1.29 is 63.1 Å². The lowest BCUT2D eigenvalue weighted by Gasteiger charge is -2.41. The van der Waals surface area contributed by atoms with Gasteiger partial charge in [0.1, 0.15) is 43.2 Å². The number of carbonyl (C=O) groups is 2. The van der Waals surface area contributed by atoms with Crippen LogP contribution in [0.5, 0.6) is 0 Å². The number of phosphoric acid groups is 1. The summed E-state index contributed by atoms with van der Waals surface area (Å²) in [6, 6.07) is 0. The van der Waals surface area contributed by atoms with Crippen molar-refractivity contribution in [2.75, 3.05) is 13.2 Å². The fourth-order valence-electron chi connectivity index (χ4n) is 6.32. The lowest BCUT2D eigenvalue weighted by molar-refractivity contribution is -0.220. The number of unbranched alkanes of at least 4 members (excludes halogenated alkanes) is 13. The number of carbonyl (C=O) groups excluding carboxylic acids is 2. The van der Waals surface area contributed by atoms with Gasteiger partial charge in [-0.3, -0.25) is 18.6 Å². The van der Waals surface area contributed by atoms with E-state index in [1.807, 2.05) is 12.2 Å². The smallest absolute Gasteiger partial charge is 0.462 e. The lowest BCUT2D eigenvalue weighted by Crippen LogP contribution is -2.64. The van der Waals surface area contributed by atoms with Gasteiger partial charge in [-0.2, -0.15) is 0 Å². The molecule has 0 heterocycles. The van der Waals surface area contributed by atoms with Crippen molar-refractivity contribution in [1.29, 1.82) is 0 Å². The van der Waals surface area contributed by atoms with Crippen molar-refractivity contribution in [3.05, 3.63) is 60.8 Å². The summed E-state index contributed by atoms with van der Waals surface area (Å²) in [7, 11) is -5.13. The first-order valence-electron chi connectivity index (χ1n) is 22.1. The molecule has 6 N–H and O–H groups in total. The van der Waals surface area contributed by atoms with E-state index in [2.05, 4.69) is 62.5 Å². The summed E-state index contributed by atoms with van der Waals surface area (Å²) >= 11 is 0. The van der Waals surface area contributed by atoms with E-state index in [1.54, 1.807) is 0 Å². The van der Waals surface area contributed by atoms with Gasteiger partial charge in [0.05, 0.1) is 6.61 Å². The summed E-state index contributed by atoms with van der Waals surface area (Å²) in [5.74, 6) is -1.17. The first-order valence-corrected chi connectivity index (χ1v) is 23.6. The quantitative estimate of drug-likeness (QED) is 0.0154. The van der Waals surface area contributed by atoms with E-state index >= 15 is 0 Å². The number of esters is 2. The second kappa shape index (κ2) is 35.2. The molecule has 0 aromatic heterocycles. The Morgan fingerprint density at radius 3 is 1.46 bits per heavy atom. The van der Waals surface area contributed by atoms with E-state index in [9.17, 15) is 44.6 Å². The molecule has 59 heavy (non-hydrogen) atoms. The Bertz CT molecular complexity index is 1270. The van der Waals surface area contributed by atoms with Crippen molar-refractivity contribution >= 4 is 19.8 Å². The zero-order valence-electron chi connectivity index (χ0n) is 35.8. The number of phosphoric ester groups is 1. The molecule has 6 atom stereocenters. The molecule has 6 unspecified atom stereocenters. The second-order valence-electron chi connectivity index (χ2n) is 15.2. The zero-order valence-corrected chi connectivity index (χ0v) is 36.7. The minimum absolute atomic E-state index is 0.0174. The molecule has 1 fully saturated rings. The minimum atomic E-state index is -5.13. The number of ether oxygens (including phenoxy) is 2. The number of aliphatic hydroxyl groups is 5. The predicted molar refractivity (Wildman–Crippen MR) is 230 cm³/mol. The Morgan fingerprint density at radius 2 is 0.966 bits per heavy atom. The molecule has 0 amide bonds. The van der Waals surface area contributed by atoms with E-state index in [4.69, 9.17) is 18.5 Å².